The van der Waals surface area contributed by atoms with Crippen molar-refractivity contribution in [1.29, 1.82) is 0 Å². The normalized spacial score (nSPS) is 23.7. The minimum Gasteiger partial charge on any atom is -0.393 e. The van der Waals surface area contributed by atoms with Crippen LogP contribution in [0.1, 0.15) is 72.6 Å². The largest absolute Gasteiger partial charge is 0.393 e. The number of carbonyl (C=O) groups is 4. The minimum absolute atomic E-state index is 0.105. The Morgan fingerprint density at radius 1 is 1.16 bits per heavy atom. The van der Waals surface area contributed by atoms with Crippen LogP contribution in [-0.2, 0) is 19.2 Å². The van der Waals surface area contributed by atoms with Gasteiger partial charge in [0.15, 0.2) is 0 Å². The molecule has 0 radical (unpaired) electrons. The third-order valence-electron chi connectivity index (χ3n) is 6.03. The van der Waals surface area contributed by atoms with E-state index >= 15 is 0 Å². The molecule has 0 bridgehead atoms. The summed E-state index contributed by atoms with van der Waals surface area (Å²) in [4.78, 5) is 49.8. The van der Waals surface area contributed by atoms with E-state index in [4.69, 9.17) is 0 Å². The molecule has 0 aromatic carbocycles. The molecule has 0 aromatic rings. The van der Waals surface area contributed by atoms with E-state index < -0.39 is 48.1 Å². The van der Waals surface area contributed by atoms with Crippen LogP contribution in [0.3, 0.4) is 0 Å². The first-order valence-electron chi connectivity index (χ1n) is 13.6. The summed E-state index contributed by atoms with van der Waals surface area (Å²) >= 11 is 0. The van der Waals surface area contributed by atoms with E-state index in [9.17, 15) is 29.4 Å². The molecule has 1 rings (SSSR count). The zero-order valence-corrected chi connectivity index (χ0v) is 23.1. The molecular formula is C28H46N4O6. The molecule has 10 nitrogen and oxygen atoms in total. The van der Waals surface area contributed by atoms with E-state index in [1.165, 1.54) is 44.4 Å². The van der Waals surface area contributed by atoms with E-state index in [1.54, 1.807) is 19.1 Å². The van der Waals surface area contributed by atoms with Gasteiger partial charge in [0.1, 0.15) is 12.1 Å². The van der Waals surface area contributed by atoms with E-state index in [0.29, 0.717) is 0 Å². The van der Waals surface area contributed by atoms with E-state index in [0.717, 1.165) is 18.8 Å². The molecule has 1 heterocycles. The number of rotatable bonds is 12. The van der Waals surface area contributed by atoms with Gasteiger partial charge in [0.2, 0.25) is 23.6 Å². The second kappa shape index (κ2) is 18.3. The Bertz CT molecular complexity index is 852. The average molecular weight is 535 g/mol. The van der Waals surface area contributed by atoms with Gasteiger partial charge in [-0.2, -0.15) is 0 Å². The SMILES string of the molecule is CC(C)CCCCC/C=C/C=C/C(=O)N[C@H](C(=O)N[C@H]1C[C@@H](O)CCNC(=O)/C=C/[C@H](C)NC1=O)[C@@H](C)O. The van der Waals surface area contributed by atoms with E-state index in [1.807, 2.05) is 6.08 Å². The predicted octanol–water partition coefficient (Wildman–Crippen LogP) is 1.39. The lowest BCUT2D eigenvalue weighted by molar-refractivity contribution is -0.134. The fourth-order valence-corrected chi connectivity index (χ4v) is 3.82. The highest BCUT2D eigenvalue weighted by molar-refractivity contribution is 5.95. The standard InChI is InChI=1S/C28H46N4O6/c1-19(2)12-10-8-6-5-7-9-11-13-25(36)32-26(21(4)33)28(38)31-23-18-22(34)16-17-29-24(35)15-14-20(3)30-27(23)37/h7,9,11,13-15,19-23,26,33-34H,5-6,8,10,12,16-18H2,1-4H3,(H,29,35)(H,30,37)(H,31,38)(H,32,36)/b9-7+,13-11+,15-14+/t20-,21+,22-,23-,26-/m0/s1. The van der Waals surface area contributed by atoms with Crippen LogP contribution in [-0.4, -0.2) is 70.7 Å². The van der Waals surface area contributed by atoms with Crippen LogP contribution in [0.5, 0.6) is 0 Å². The van der Waals surface area contributed by atoms with Crippen molar-refractivity contribution in [2.24, 2.45) is 5.92 Å². The van der Waals surface area contributed by atoms with E-state index in [2.05, 4.69) is 35.1 Å². The van der Waals surface area contributed by atoms with Crippen LogP contribution in [0, 0.1) is 5.92 Å². The molecule has 0 aromatic heterocycles. The van der Waals surface area contributed by atoms with Crippen LogP contribution in [0.25, 0.3) is 0 Å². The lowest BCUT2D eigenvalue weighted by Gasteiger charge is -2.26. The second-order valence-corrected chi connectivity index (χ2v) is 10.2. The summed E-state index contributed by atoms with van der Waals surface area (Å²) in [7, 11) is 0. The molecule has 1 aliphatic rings. The van der Waals surface area contributed by atoms with Gasteiger partial charge in [-0.05, 0) is 39.0 Å². The summed E-state index contributed by atoms with van der Waals surface area (Å²) in [5, 5.41) is 30.8. The molecule has 5 atom stereocenters. The second-order valence-electron chi connectivity index (χ2n) is 10.2. The number of hydrogen-bond acceptors (Lipinski definition) is 6. The van der Waals surface area contributed by atoms with Crippen molar-refractivity contribution >= 4 is 23.6 Å². The van der Waals surface area contributed by atoms with E-state index in [-0.39, 0.29) is 25.3 Å². The summed E-state index contributed by atoms with van der Waals surface area (Å²) in [5.74, 6) is -1.49. The van der Waals surface area contributed by atoms with Gasteiger partial charge in [-0.1, -0.05) is 57.4 Å². The molecule has 4 amide bonds. The highest BCUT2D eigenvalue weighted by Crippen LogP contribution is 2.10. The van der Waals surface area contributed by atoms with Gasteiger partial charge in [0.05, 0.1) is 12.2 Å². The predicted molar refractivity (Wildman–Crippen MR) is 147 cm³/mol. The minimum atomic E-state index is -1.31. The van der Waals surface area contributed by atoms with Gasteiger partial charge >= 0.3 is 0 Å². The highest BCUT2D eigenvalue weighted by atomic mass is 16.3. The molecule has 10 heteroatoms. The van der Waals surface area contributed by atoms with Crippen molar-refractivity contribution in [2.75, 3.05) is 6.54 Å². The highest BCUT2D eigenvalue weighted by Gasteiger charge is 2.31. The van der Waals surface area contributed by atoms with Gasteiger partial charge in [0, 0.05) is 31.2 Å². The Hall–Kier alpha value is -2.98. The first kappa shape index (κ1) is 33.0. The fourth-order valence-electron chi connectivity index (χ4n) is 3.82. The van der Waals surface area contributed by atoms with Gasteiger partial charge in [-0.15, -0.1) is 0 Å². The Morgan fingerprint density at radius 2 is 1.89 bits per heavy atom. The maximum absolute atomic E-state index is 12.9. The van der Waals surface area contributed by atoms with Crippen molar-refractivity contribution in [2.45, 2.75) is 103 Å². The number of amides is 4. The molecule has 214 valence electrons. The average Bonchev–Trinajstić information content (AvgIpc) is 2.83. The van der Waals surface area contributed by atoms with Crippen molar-refractivity contribution in [3.63, 3.8) is 0 Å². The van der Waals surface area contributed by atoms with Crippen LogP contribution in [0.15, 0.2) is 36.5 Å². The Labute approximate surface area is 226 Å². The lowest BCUT2D eigenvalue weighted by Crippen LogP contribution is -2.58. The third kappa shape index (κ3) is 14.7. The number of nitrogens with one attached hydrogen (secondary N) is 4. The van der Waals surface area contributed by atoms with Gasteiger partial charge in [0.25, 0.3) is 0 Å². The topological polar surface area (TPSA) is 157 Å². The molecule has 0 aliphatic carbocycles. The number of unbranched alkanes of at least 4 members (excludes halogenated alkanes) is 3. The fraction of sp³-hybridized carbons (Fsp3) is 0.643. The van der Waals surface area contributed by atoms with Gasteiger partial charge in [-0.3, -0.25) is 19.2 Å². The summed E-state index contributed by atoms with van der Waals surface area (Å²) in [5.41, 5.74) is 0. The molecular weight excluding hydrogens is 488 g/mol. The number of aliphatic hydroxyl groups is 2. The van der Waals surface area contributed by atoms with Crippen molar-refractivity contribution in [3.8, 4) is 0 Å². The lowest BCUT2D eigenvalue weighted by atomic mass is 10.0. The zero-order valence-electron chi connectivity index (χ0n) is 23.1. The third-order valence-corrected chi connectivity index (χ3v) is 6.03. The van der Waals surface area contributed by atoms with Crippen molar-refractivity contribution < 1.29 is 29.4 Å². The quantitative estimate of drug-likeness (QED) is 0.126. The number of allylic oxidation sites excluding steroid dienone is 3. The molecule has 0 saturated carbocycles. The Morgan fingerprint density at radius 3 is 2.58 bits per heavy atom. The van der Waals surface area contributed by atoms with Crippen LogP contribution < -0.4 is 21.3 Å². The number of carbonyl (C=O) groups excluding carboxylic acids is 4. The molecule has 38 heavy (non-hydrogen) atoms. The number of hydrogen-bond donors (Lipinski definition) is 6. The Kier molecular flexibility index (Phi) is 15.9. The smallest absolute Gasteiger partial charge is 0.245 e. The monoisotopic (exact) mass is 534 g/mol. The molecule has 0 unspecified atom stereocenters. The van der Waals surface area contributed by atoms with Crippen LogP contribution in [0.2, 0.25) is 0 Å². The van der Waals surface area contributed by atoms with Crippen molar-refractivity contribution in [1.82, 2.24) is 21.3 Å². The first-order chi connectivity index (χ1) is 18.0. The first-order valence-corrected chi connectivity index (χ1v) is 13.6. The summed E-state index contributed by atoms with van der Waals surface area (Å²) in [6, 6.07) is -2.92. The number of aliphatic hydroxyl groups excluding tert-OH is 2. The van der Waals surface area contributed by atoms with Crippen LogP contribution in [0.4, 0.5) is 0 Å². The van der Waals surface area contributed by atoms with Gasteiger partial charge < -0.3 is 31.5 Å². The molecule has 0 fully saturated rings. The zero-order chi connectivity index (χ0) is 28.5. The van der Waals surface area contributed by atoms with Crippen LogP contribution >= 0.6 is 0 Å². The molecule has 6 N–H and O–H groups in total. The molecule has 0 spiro atoms. The Balaban J connectivity index is 2.70. The summed E-state index contributed by atoms with van der Waals surface area (Å²) in [6.07, 6.45) is 12.9. The van der Waals surface area contributed by atoms with Crippen molar-refractivity contribution in [3.05, 3.63) is 36.5 Å². The maximum atomic E-state index is 12.9. The summed E-state index contributed by atoms with van der Waals surface area (Å²) in [6.45, 7) is 7.65. The maximum Gasteiger partial charge on any atom is 0.245 e. The summed E-state index contributed by atoms with van der Waals surface area (Å²) < 4.78 is 0. The molecule has 1 aliphatic heterocycles. The molecule has 0 saturated heterocycles. The van der Waals surface area contributed by atoms with Gasteiger partial charge in [-0.25, -0.2) is 0 Å².